The molecule has 0 saturated carbocycles. The van der Waals surface area contributed by atoms with Gasteiger partial charge in [0.05, 0.1) is 0 Å². The number of benzene rings is 1. The smallest absolute Gasteiger partial charge is 0.135 e. The van der Waals surface area contributed by atoms with Gasteiger partial charge in [-0.1, -0.05) is 12.1 Å². The van der Waals surface area contributed by atoms with E-state index >= 15 is 0 Å². The Morgan fingerprint density at radius 3 is 2.50 bits per heavy atom. The van der Waals surface area contributed by atoms with Crippen LogP contribution in [0.25, 0.3) is 11.4 Å². The van der Waals surface area contributed by atoms with Gasteiger partial charge in [-0.25, -0.2) is 0 Å². The molecule has 70 valence electrons. The first-order chi connectivity index (χ1) is 6.77. The zero-order chi connectivity index (χ0) is 9.97. The summed E-state index contributed by atoms with van der Waals surface area (Å²) < 4.78 is 1.19. The number of rotatable bonds is 1. The van der Waals surface area contributed by atoms with Crippen LogP contribution in [0.3, 0.4) is 0 Å². The van der Waals surface area contributed by atoms with Crippen LogP contribution in [0, 0.1) is 10.5 Å². The van der Waals surface area contributed by atoms with Crippen molar-refractivity contribution in [2.24, 2.45) is 0 Å². The molecular formula is C9H7IN4. The van der Waals surface area contributed by atoms with Crippen molar-refractivity contribution in [1.82, 2.24) is 20.4 Å². The number of aryl methyl sites for hydroxylation is 1. The van der Waals surface area contributed by atoms with Gasteiger partial charge in [-0.3, -0.25) is 0 Å². The number of hydrogen-bond acceptors (Lipinski definition) is 4. The number of aromatic nitrogens is 4. The third kappa shape index (κ3) is 1.87. The molecule has 0 aliphatic heterocycles. The maximum Gasteiger partial charge on any atom is 0.203 e. The monoisotopic (exact) mass is 298 g/mol. The lowest BCUT2D eigenvalue weighted by molar-refractivity contribution is 0.864. The lowest BCUT2D eigenvalue weighted by Gasteiger charge is -2.00. The lowest BCUT2D eigenvalue weighted by atomic mass is 10.1. The highest BCUT2D eigenvalue weighted by Crippen LogP contribution is 2.19. The summed E-state index contributed by atoms with van der Waals surface area (Å²) in [4.78, 5) is 0. The minimum atomic E-state index is 0.561. The Morgan fingerprint density at radius 2 is 1.86 bits per heavy atom. The maximum atomic E-state index is 3.89. The van der Waals surface area contributed by atoms with E-state index in [1.165, 1.54) is 15.5 Å². The molecule has 0 aliphatic rings. The Kier molecular flexibility index (Phi) is 2.67. The van der Waals surface area contributed by atoms with Crippen LogP contribution in [0.5, 0.6) is 0 Å². The van der Waals surface area contributed by atoms with Gasteiger partial charge in [0.2, 0.25) is 5.82 Å². The molecule has 0 unspecified atom stereocenters. The fraction of sp³-hybridized carbons (Fsp3) is 0.111. The molecule has 2 aromatic rings. The van der Waals surface area contributed by atoms with E-state index in [4.69, 9.17) is 0 Å². The van der Waals surface area contributed by atoms with E-state index in [1.54, 1.807) is 0 Å². The largest absolute Gasteiger partial charge is 0.203 e. The molecule has 1 aromatic heterocycles. The summed E-state index contributed by atoms with van der Waals surface area (Å²) in [5, 5.41) is 15.2. The van der Waals surface area contributed by atoms with Crippen molar-refractivity contribution in [1.29, 1.82) is 0 Å². The fourth-order valence-electron chi connectivity index (χ4n) is 1.05. The first-order valence-corrected chi connectivity index (χ1v) is 5.12. The van der Waals surface area contributed by atoms with Gasteiger partial charge in [-0.2, -0.15) is 0 Å². The quantitative estimate of drug-likeness (QED) is 0.754. The number of hydrogen-bond donors (Lipinski definition) is 0. The van der Waals surface area contributed by atoms with E-state index in [1.807, 2.05) is 18.2 Å². The second kappa shape index (κ2) is 3.95. The normalized spacial score (nSPS) is 10.1. The molecule has 0 N–H and O–H groups in total. The highest BCUT2D eigenvalue weighted by Gasteiger charge is 2.03. The molecule has 14 heavy (non-hydrogen) atoms. The van der Waals surface area contributed by atoms with Crippen LogP contribution in [-0.4, -0.2) is 20.4 Å². The Balaban J connectivity index is 2.48. The standard InChI is InChI=1S/C9H7IN4/c1-6-2-3-7(4-8(6)10)9-13-11-5-12-14-9/h2-5H,1H3. The molecule has 4 nitrogen and oxygen atoms in total. The van der Waals surface area contributed by atoms with Crippen molar-refractivity contribution in [2.45, 2.75) is 6.92 Å². The molecule has 0 spiro atoms. The minimum Gasteiger partial charge on any atom is -0.135 e. The van der Waals surface area contributed by atoms with E-state index in [-0.39, 0.29) is 0 Å². The van der Waals surface area contributed by atoms with Crippen molar-refractivity contribution >= 4 is 22.6 Å². The van der Waals surface area contributed by atoms with Gasteiger partial charge in [-0.15, -0.1) is 20.4 Å². The topological polar surface area (TPSA) is 51.6 Å². The summed E-state index contributed by atoms with van der Waals surface area (Å²) >= 11 is 2.28. The molecule has 5 heteroatoms. The fourth-order valence-corrected chi connectivity index (χ4v) is 1.57. The molecule has 0 fully saturated rings. The highest BCUT2D eigenvalue weighted by molar-refractivity contribution is 14.1. The first-order valence-electron chi connectivity index (χ1n) is 4.04. The highest BCUT2D eigenvalue weighted by atomic mass is 127. The van der Waals surface area contributed by atoms with E-state index in [0.717, 1.165) is 5.56 Å². The molecule has 0 atom stereocenters. The number of halogens is 1. The van der Waals surface area contributed by atoms with Gasteiger partial charge in [-0.05, 0) is 41.1 Å². The van der Waals surface area contributed by atoms with Crippen molar-refractivity contribution < 1.29 is 0 Å². The SMILES string of the molecule is Cc1ccc(-c2nncnn2)cc1I. The average Bonchev–Trinajstić information content (AvgIpc) is 2.23. The summed E-state index contributed by atoms with van der Waals surface area (Å²) in [5.41, 5.74) is 2.19. The van der Waals surface area contributed by atoms with Gasteiger partial charge in [0, 0.05) is 9.13 Å². The Bertz CT molecular complexity index is 444. The summed E-state index contributed by atoms with van der Waals surface area (Å²) in [7, 11) is 0. The summed E-state index contributed by atoms with van der Waals surface area (Å²) in [6.07, 6.45) is 1.32. The number of nitrogens with zero attached hydrogens (tertiary/aromatic N) is 4. The van der Waals surface area contributed by atoms with Gasteiger partial charge >= 0.3 is 0 Å². The van der Waals surface area contributed by atoms with Crippen molar-refractivity contribution in [3.05, 3.63) is 33.7 Å². The molecule has 2 rings (SSSR count). The van der Waals surface area contributed by atoms with Crippen LogP contribution in [-0.2, 0) is 0 Å². The molecule has 0 saturated heterocycles. The van der Waals surface area contributed by atoms with Crippen molar-refractivity contribution in [2.75, 3.05) is 0 Å². The Hall–Kier alpha value is -1.11. The van der Waals surface area contributed by atoms with Crippen LogP contribution in [0.4, 0.5) is 0 Å². The van der Waals surface area contributed by atoms with Gasteiger partial charge in [0.1, 0.15) is 0 Å². The predicted octanol–water partition coefficient (Wildman–Crippen LogP) is 1.85. The lowest BCUT2D eigenvalue weighted by Crippen LogP contribution is -1.94. The van der Waals surface area contributed by atoms with E-state index in [0.29, 0.717) is 5.82 Å². The van der Waals surface area contributed by atoms with Crippen molar-refractivity contribution in [3.63, 3.8) is 0 Å². The van der Waals surface area contributed by atoms with E-state index < -0.39 is 0 Å². The Labute approximate surface area is 94.9 Å². The third-order valence-corrected chi connectivity index (χ3v) is 3.00. The molecule has 0 amide bonds. The molecule has 0 aliphatic carbocycles. The Morgan fingerprint density at radius 1 is 1.14 bits per heavy atom. The molecule has 0 bridgehead atoms. The average molecular weight is 298 g/mol. The van der Waals surface area contributed by atoms with Crippen LogP contribution in [0.15, 0.2) is 24.5 Å². The zero-order valence-electron chi connectivity index (χ0n) is 7.48. The summed E-state index contributed by atoms with van der Waals surface area (Å²) in [6, 6.07) is 6.03. The predicted molar refractivity (Wildman–Crippen MR) is 60.5 cm³/mol. The van der Waals surface area contributed by atoms with Gasteiger partial charge in [0.25, 0.3) is 0 Å². The molecular weight excluding hydrogens is 291 g/mol. The molecule has 0 radical (unpaired) electrons. The first kappa shape index (κ1) is 9.45. The third-order valence-electron chi connectivity index (χ3n) is 1.84. The molecule has 1 aromatic carbocycles. The van der Waals surface area contributed by atoms with Crippen LogP contribution in [0.2, 0.25) is 0 Å². The molecule has 1 heterocycles. The maximum absolute atomic E-state index is 3.89. The minimum absolute atomic E-state index is 0.561. The second-order valence-electron chi connectivity index (χ2n) is 2.83. The summed E-state index contributed by atoms with van der Waals surface area (Å²) in [6.45, 7) is 2.06. The van der Waals surface area contributed by atoms with Crippen LogP contribution in [0.1, 0.15) is 5.56 Å². The van der Waals surface area contributed by atoms with E-state index in [9.17, 15) is 0 Å². The van der Waals surface area contributed by atoms with Gasteiger partial charge in [0.15, 0.2) is 6.33 Å². The summed E-state index contributed by atoms with van der Waals surface area (Å²) in [5.74, 6) is 0.561. The second-order valence-corrected chi connectivity index (χ2v) is 4.00. The van der Waals surface area contributed by atoms with Gasteiger partial charge < -0.3 is 0 Å². The zero-order valence-corrected chi connectivity index (χ0v) is 9.63. The van der Waals surface area contributed by atoms with Crippen molar-refractivity contribution in [3.8, 4) is 11.4 Å². The van der Waals surface area contributed by atoms with E-state index in [2.05, 4.69) is 49.9 Å². The van der Waals surface area contributed by atoms with Crippen LogP contribution < -0.4 is 0 Å². The van der Waals surface area contributed by atoms with Crippen LogP contribution >= 0.6 is 22.6 Å².